The molecule has 0 spiro atoms. The Bertz CT molecular complexity index is 613. The van der Waals surface area contributed by atoms with E-state index in [1.54, 1.807) is 25.3 Å². The van der Waals surface area contributed by atoms with Gasteiger partial charge in [-0.05, 0) is 19.1 Å². The molecule has 0 unspecified atom stereocenters. The number of carbonyl (C=O) groups is 1. The normalized spacial score (nSPS) is 10.4. The molecule has 0 aliphatic rings. The fourth-order valence-corrected chi connectivity index (χ4v) is 1.59. The minimum Gasteiger partial charge on any atom is -0.497 e. The molecular weight excluding hydrogens is 206 g/mol. The zero-order valence-corrected chi connectivity index (χ0v) is 9.03. The third-order valence-corrected chi connectivity index (χ3v) is 2.47. The van der Waals surface area contributed by atoms with Crippen molar-refractivity contribution in [1.29, 1.82) is 0 Å². The first-order valence-corrected chi connectivity index (χ1v) is 4.84. The molecule has 0 fully saturated rings. The van der Waals surface area contributed by atoms with Crippen LogP contribution in [-0.2, 0) is 0 Å². The number of ketones is 1. The molecule has 1 aromatic carbocycles. The summed E-state index contributed by atoms with van der Waals surface area (Å²) in [7, 11) is 1.56. The number of aromatic nitrogens is 1. The van der Waals surface area contributed by atoms with E-state index in [0.717, 1.165) is 0 Å². The lowest BCUT2D eigenvalue weighted by Crippen LogP contribution is -2.13. The summed E-state index contributed by atoms with van der Waals surface area (Å²) in [6.45, 7) is 1.37. The molecule has 1 aromatic heterocycles. The van der Waals surface area contributed by atoms with Crippen LogP contribution in [0.15, 0.2) is 29.2 Å². The third-order valence-electron chi connectivity index (χ3n) is 2.47. The first-order chi connectivity index (χ1) is 7.63. The number of ether oxygens (including phenoxy) is 1. The maximum atomic E-state index is 11.9. The number of Topliss-reactive ketones (excluding diaryl/α,β-unsaturated/α-hetero) is 1. The number of methoxy groups -OCH3 is 1. The number of hydrogen-bond acceptors (Lipinski definition) is 3. The quantitative estimate of drug-likeness (QED) is 0.779. The summed E-state index contributed by atoms with van der Waals surface area (Å²) in [5.74, 6) is 0.428. The summed E-state index contributed by atoms with van der Waals surface area (Å²) in [5.41, 5.74) is 0.593. The minimum absolute atomic E-state index is 0.178. The molecule has 4 nitrogen and oxygen atoms in total. The van der Waals surface area contributed by atoms with Crippen LogP contribution < -0.4 is 10.2 Å². The summed E-state index contributed by atoms with van der Waals surface area (Å²) < 4.78 is 5.05. The number of benzene rings is 1. The van der Waals surface area contributed by atoms with Crippen molar-refractivity contribution in [3.63, 3.8) is 0 Å². The second kappa shape index (κ2) is 3.81. The van der Waals surface area contributed by atoms with E-state index in [1.165, 1.54) is 13.1 Å². The zero-order chi connectivity index (χ0) is 11.7. The predicted octanol–water partition coefficient (Wildman–Crippen LogP) is 1.74. The molecule has 0 amide bonds. The molecule has 82 valence electrons. The van der Waals surface area contributed by atoms with Crippen molar-refractivity contribution in [1.82, 2.24) is 4.98 Å². The lowest BCUT2D eigenvalue weighted by atomic mass is 10.1. The molecule has 0 aliphatic heterocycles. The van der Waals surface area contributed by atoms with Crippen molar-refractivity contribution in [3.8, 4) is 5.75 Å². The van der Waals surface area contributed by atoms with Crippen molar-refractivity contribution in [2.45, 2.75) is 6.92 Å². The van der Waals surface area contributed by atoms with Gasteiger partial charge in [0, 0.05) is 17.6 Å². The smallest absolute Gasteiger partial charge is 0.200 e. The van der Waals surface area contributed by atoms with Crippen molar-refractivity contribution in [3.05, 3.63) is 40.2 Å². The van der Waals surface area contributed by atoms with Gasteiger partial charge in [-0.25, -0.2) is 0 Å². The zero-order valence-electron chi connectivity index (χ0n) is 9.03. The Balaban J connectivity index is 2.77. The monoisotopic (exact) mass is 217 g/mol. The van der Waals surface area contributed by atoms with E-state index in [9.17, 15) is 9.59 Å². The van der Waals surface area contributed by atoms with Gasteiger partial charge in [0.2, 0.25) is 0 Å². The predicted molar refractivity (Wildman–Crippen MR) is 61.1 cm³/mol. The van der Waals surface area contributed by atoms with Gasteiger partial charge in [0.05, 0.1) is 18.2 Å². The Labute approximate surface area is 91.9 Å². The van der Waals surface area contributed by atoms with Gasteiger partial charge in [0.15, 0.2) is 11.2 Å². The molecule has 1 heterocycles. The van der Waals surface area contributed by atoms with Crippen molar-refractivity contribution < 1.29 is 9.53 Å². The average Bonchev–Trinajstić information content (AvgIpc) is 2.28. The van der Waals surface area contributed by atoms with Gasteiger partial charge in [-0.2, -0.15) is 0 Å². The van der Waals surface area contributed by atoms with Gasteiger partial charge < -0.3 is 9.72 Å². The van der Waals surface area contributed by atoms with Crippen molar-refractivity contribution in [2.24, 2.45) is 0 Å². The first-order valence-electron chi connectivity index (χ1n) is 4.84. The number of pyridine rings is 1. The lowest BCUT2D eigenvalue weighted by molar-refractivity contribution is 0.101. The molecule has 1 N–H and O–H groups in total. The van der Waals surface area contributed by atoms with Crippen molar-refractivity contribution in [2.75, 3.05) is 7.11 Å². The van der Waals surface area contributed by atoms with Gasteiger partial charge >= 0.3 is 0 Å². The minimum atomic E-state index is -0.246. The van der Waals surface area contributed by atoms with Gasteiger partial charge in [-0.15, -0.1) is 0 Å². The molecule has 4 heteroatoms. The molecular formula is C12H11NO3. The van der Waals surface area contributed by atoms with E-state index in [4.69, 9.17) is 4.74 Å². The highest BCUT2D eigenvalue weighted by molar-refractivity contribution is 5.97. The molecule has 0 aliphatic carbocycles. The van der Waals surface area contributed by atoms with Gasteiger partial charge in [-0.3, -0.25) is 9.59 Å². The first kappa shape index (κ1) is 10.4. The molecule has 0 radical (unpaired) electrons. The summed E-state index contributed by atoms with van der Waals surface area (Å²) in [4.78, 5) is 26.0. The summed E-state index contributed by atoms with van der Waals surface area (Å²) >= 11 is 0. The lowest BCUT2D eigenvalue weighted by Gasteiger charge is -2.03. The van der Waals surface area contributed by atoms with E-state index < -0.39 is 0 Å². The Kier molecular flexibility index (Phi) is 2.48. The van der Waals surface area contributed by atoms with Crippen molar-refractivity contribution >= 4 is 16.7 Å². The largest absolute Gasteiger partial charge is 0.497 e. The highest BCUT2D eigenvalue weighted by Crippen LogP contribution is 2.16. The van der Waals surface area contributed by atoms with Crippen LogP contribution in [0, 0.1) is 0 Å². The van der Waals surface area contributed by atoms with Crippen LogP contribution in [0.1, 0.15) is 17.3 Å². The number of hydrogen-bond donors (Lipinski definition) is 1. The van der Waals surface area contributed by atoms with Crippen LogP contribution in [-0.4, -0.2) is 17.9 Å². The third kappa shape index (κ3) is 1.58. The Hall–Kier alpha value is -2.10. The summed E-state index contributed by atoms with van der Waals surface area (Å²) in [6.07, 6.45) is 1.44. The fraction of sp³-hybridized carbons (Fsp3) is 0.167. The topological polar surface area (TPSA) is 59.2 Å². The summed E-state index contributed by atoms with van der Waals surface area (Å²) in [5, 5.41) is 0.494. The van der Waals surface area contributed by atoms with Crippen LogP contribution in [0.4, 0.5) is 0 Å². The Morgan fingerprint density at radius 1 is 1.38 bits per heavy atom. The van der Waals surface area contributed by atoms with Crippen LogP contribution in [0.5, 0.6) is 5.75 Å². The molecule has 16 heavy (non-hydrogen) atoms. The van der Waals surface area contributed by atoms with Gasteiger partial charge in [0.1, 0.15) is 5.75 Å². The van der Waals surface area contributed by atoms with E-state index in [-0.39, 0.29) is 16.8 Å². The molecule has 2 aromatic rings. The van der Waals surface area contributed by atoms with Gasteiger partial charge in [0.25, 0.3) is 0 Å². The van der Waals surface area contributed by atoms with Crippen LogP contribution in [0.2, 0.25) is 0 Å². The van der Waals surface area contributed by atoms with Crippen LogP contribution >= 0.6 is 0 Å². The number of rotatable bonds is 2. The second-order valence-corrected chi connectivity index (χ2v) is 3.50. The highest BCUT2D eigenvalue weighted by Gasteiger charge is 2.08. The number of nitrogens with one attached hydrogen (secondary N) is 1. The molecule has 0 atom stereocenters. The van der Waals surface area contributed by atoms with Crippen LogP contribution in [0.3, 0.4) is 0 Å². The maximum absolute atomic E-state index is 11.9. The number of aromatic amines is 1. The van der Waals surface area contributed by atoms with E-state index in [2.05, 4.69) is 4.98 Å². The molecule has 0 saturated carbocycles. The van der Waals surface area contributed by atoms with E-state index >= 15 is 0 Å². The van der Waals surface area contributed by atoms with E-state index in [1.807, 2.05) is 0 Å². The second-order valence-electron chi connectivity index (χ2n) is 3.50. The fourth-order valence-electron chi connectivity index (χ4n) is 1.59. The SMILES string of the molecule is COc1ccc2c(=O)c(C(C)=O)c[nH]c2c1. The van der Waals surface area contributed by atoms with Crippen LogP contribution in [0.25, 0.3) is 10.9 Å². The molecule has 0 saturated heterocycles. The number of fused-ring (bicyclic) bond motifs is 1. The van der Waals surface area contributed by atoms with Gasteiger partial charge in [-0.1, -0.05) is 0 Å². The Morgan fingerprint density at radius 3 is 2.75 bits per heavy atom. The molecule has 0 bridgehead atoms. The number of carbonyl (C=O) groups excluding carboxylic acids is 1. The number of H-pyrrole nitrogens is 1. The molecule has 2 rings (SSSR count). The average molecular weight is 217 g/mol. The maximum Gasteiger partial charge on any atom is 0.200 e. The summed E-state index contributed by atoms with van der Waals surface area (Å²) in [6, 6.07) is 5.07. The van der Waals surface area contributed by atoms with E-state index in [0.29, 0.717) is 16.7 Å². The Morgan fingerprint density at radius 2 is 2.12 bits per heavy atom. The highest BCUT2D eigenvalue weighted by atomic mass is 16.5. The standard InChI is InChI=1S/C12H11NO3/c1-7(14)10-6-13-11-5-8(16-2)3-4-9(11)12(10)15/h3-6H,1-2H3,(H,13,15).